The van der Waals surface area contributed by atoms with Gasteiger partial charge in [-0.05, 0) is 26.0 Å². The van der Waals surface area contributed by atoms with Crippen LogP contribution in [0.5, 0.6) is 0 Å². The standard InChI is InChI=1S/C14H23NO2/c1-12(11-17-3)15(2)10-9-14(16)13-7-5-4-6-8-13/h4-8,12,14,16H,9-11H2,1-3H3/t12?,14-/m1/s1. The van der Waals surface area contributed by atoms with E-state index in [9.17, 15) is 5.11 Å². The second-order valence-corrected chi connectivity index (χ2v) is 4.50. The third-order valence-corrected chi connectivity index (χ3v) is 3.10. The number of aliphatic hydroxyl groups excluding tert-OH is 1. The first-order chi connectivity index (χ1) is 8.15. The predicted molar refractivity (Wildman–Crippen MR) is 70.0 cm³/mol. The number of aliphatic hydroxyl groups is 1. The van der Waals surface area contributed by atoms with Gasteiger partial charge in [0.15, 0.2) is 0 Å². The maximum absolute atomic E-state index is 10.0. The van der Waals surface area contributed by atoms with Crippen LogP contribution >= 0.6 is 0 Å². The highest BCUT2D eigenvalue weighted by Gasteiger charge is 2.12. The fourth-order valence-corrected chi connectivity index (χ4v) is 1.76. The Balaban J connectivity index is 2.35. The van der Waals surface area contributed by atoms with Gasteiger partial charge in [-0.3, -0.25) is 0 Å². The Hall–Kier alpha value is -0.900. The van der Waals surface area contributed by atoms with Crippen LogP contribution in [0.4, 0.5) is 0 Å². The highest BCUT2D eigenvalue weighted by atomic mass is 16.5. The van der Waals surface area contributed by atoms with Crippen molar-refractivity contribution in [2.75, 3.05) is 27.3 Å². The largest absolute Gasteiger partial charge is 0.388 e. The van der Waals surface area contributed by atoms with Crippen LogP contribution < -0.4 is 0 Å². The molecule has 0 saturated carbocycles. The van der Waals surface area contributed by atoms with Crippen molar-refractivity contribution < 1.29 is 9.84 Å². The molecule has 3 heteroatoms. The fourth-order valence-electron chi connectivity index (χ4n) is 1.76. The SMILES string of the molecule is COCC(C)N(C)CC[C@@H](O)c1ccccc1. The van der Waals surface area contributed by atoms with Crippen LogP contribution in [0, 0.1) is 0 Å². The van der Waals surface area contributed by atoms with Crippen molar-refractivity contribution in [2.45, 2.75) is 25.5 Å². The van der Waals surface area contributed by atoms with E-state index >= 15 is 0 Å². The lowest BCUT2D eigenvalue weighted by Gasteiger charge is -2.25. The molecule has 0 fully saturated rings. The van der Waals surface area contributed by atoms with Gasteiger partial charge in [0.1, 0.15) is 0 Å². The van der Waals surface area contributed by atoms with Gasteiger partial charge in [-0.1, -0.05) is 30.3 Å². The molecule has 3 nitrogen and oxygen atoms in total. The Kier molecular flexibility index (Phi) is 6.19. The van der Waals surface area contributed by atoms with Gasteiger partial charge in [-0.15, -0.1) is 0 Å². The Morgan fingerprint density at radius 2 is 1.94 bits per heavy atom. The maximum atomic E-state index is 10.0. The summed E-state index contributed by atoms with van der Waals surface area (Å²) in [5.74, 6) is 0. The number of benzene rings is 1. The second kappa shape index (κ2) is 7.43. The van der Waals surface area contributed by atoms with Gasteiger partial charge < -0.3 is 14.7 Å². The van der Waals surface area contributed by atoms with E-state index in [0.717, 1.165) is 25.1 Å². The molecule has 0 bridgehead atoms. The number of likely N-dealkylation sites (N-methyl/N-ethyl adjacent to an activating group) is 1. The van der Waals surface area contributed by atoms with E-state index in [4.69, 9.17) is 4.74 Å². The Morgan fingerprint density at radius 3 is 2.53 bits per heavy atom. The smallest absolute Gasteiger partial charge is 0.0802 e. The van der Waals surface area contributed by atoms with Gasteiger partial charge in [0.05, 0.1) is 12.7 Å². The van der Waals surface area contributed by atoms with Crippen LogP contribution in [0.25, 0.3) is 0 Å². The number of hydrogen-bond donors (Lipinski definition) is 1. The molecule has 1 aromatic carbocycles. The van der Waals surface area contributed by atoms with Crippen molar-refractivity contribution in [3.63, 3.8) is 0 Å². The lowest BCUT2D eigenvalue weighted by atomic mass is 10.1. The minimum Gasteiger partial charge on any atom is -0.388 e. The second-order valence-electron chi connectivity index (χ2n) is 4.50. The van der Waals surface area contributed by atoms with Gasteiger partial charge in [0.2, 0.25) is 0 Å². The molecule has 0 aliphatic carbocycles. The number of ether oxygens (including phenoxy) is 1. The minimum atomic E-state index is -0.381. The van der Waals surface area contributed by atoms with Gasteiger partial charge in [-0.25, -0.2) is 0 Å². The molecular weight excluding hydrogens is 214 g/mol. The summed E-state index contributed by atoms with van der Waals surface area (Å²) in [6, 6.07) is 10.2. The van der Waals surface area contributed by atoms with Crippen LogP contribution in [0.3, 0.4) is 0 Å². The Bertz CT molecular complexity index is 302. The van der Waals surface area contributed by atoms with E-state index < -0.39 is 0 Å². The topological polar surface area (TPSA) is 32.7 Å². The van der Waals surface area contributed by atoms with Crippen LogP contribution in [0.1, 0.15) is 25.0 Å². The molecule has 17 heavy (non-hydrogen) atoms. The van der Waals surface area contributed by atoms with Crippen LogP contribution in [0.2, 0.25) is 0 Å². The Morgan fingerprint density at radius 1 is 1.29 bits per heavy atom. The van der Waals surface area contributed by atoms with Crippen molar-refractivity contribution in [2.24, 2.45) is 0 Å². The summed E-state index contributed by atoms with van der Waals surface area (Å²) < 4.78 is 5.11. The van der Waals surface area contributed by atoms with E-state index in [-0.39, 0.29) is 6.10 Å². The summed E-state index contributed by atoms with van der Waals surface area (Å²) in [5.41, 5.74) is 0.986. The molecule has 0 spiro atoms. The third kappa shape index (κ3) is 4.86. The summed E-state index contributed by atoms with van der Waals surface area (Å²) in [6.07, 6.45) is 0.363. The number of methoxy groups -OCH3 is 1. The molecule has 1 aromatic rings. The highest BCUT2D eigenvalue weighted by molar-refractivity contribution is 5.17. The van der Waals surface area contributed by atoms with Crippen LogP contribution in [-0.2, 0) is 4.74 Å². The summed E-state index contributed by atoms with van der Waals surface area (Å²) in [6.45, 7) is 3.71. The van der Waals surface area contributed by atoms with Crippen LogP contribution in [-0.4, -0.2) is 43.4 Å². The molecule has 0 aliphatic rings. The molecule has 1 unspecified atom stereocenters. The molecule has 0 saturated heterocycles. The van der Waals surface area contributed by atoms with E-state index in [1.165, 1.54) is 0 Å². The molecular formula is C14H23NO2. The molecule has 1 N–H and O–H groups in total. The molecule has 96 valence electrons. The minimum absolute atomic E-state index is 0.378. The molecule has 0 radical (unpaired) electrons. The number of hydrogen-bond acceptors (Lipinski definition) is 3. The van der Waals surface area contributed by atoms with Crippen molar-refractivity contribution >= 4 is 0 Å². The van der Waals surface area contributed by atoms with Crippen LogP contribution in [0.15, 0.2) is 30.3 Å². The summed E-state index contributed by atoms with van der Waals surface area (Å²) in [4.78, 5) is 2.20. The molecule has 0 heterocycles. The molecule has 2 atom stereocenters. The van der Waals surface area contributed by atoms with Crippen molar-refractivity contribution in [1.29, 1.82) is 0 Å². The monoisotopic (exact) mass is 237 g/mol. The predicted octanol–water partition coefficient (Wildman–Crippen LogP) is 2.08. The zero-order valence-corrected chi connectivity index (χ0v) is 11.0. The molecule has 1 rings (SSSR count). The highest BCUT2D eigenvalue weighted by Crippen LogP contribution is 2.16. The van der Waals surface area contributed by atoms with E-state index in [2.05, 4.69) is 18.9 Å². The first-order valence-corrected chi connectivity index (χ1v) is 6.07. The molecule has 0 aliphatic heterocycles. The first-order valence-electron chi connectivity index (χ1n) is 6.07. The van der Waals surface area contributed by atoms with Crippen molar-refractivity contribution in [3.8, 4) is 0 Å². The van der Waals surface area contributed by atoms with Gasteiger partial charge in [0, 0.05) is 19.7 Å². The van der Waals surface area contributed by atoms with Gasteiger partial charge in [-0.2, -0.15) is 0 Å². The van der Waals surface area contributed by atoms with E-state index in [0.29, 0.717) is 6.04 Å². The lowest BCUT2D eigenvalue weighted by molar-refractivity contribution is 0.0960. The molecule has 0 amide bonds. The summed E-state index contributed by atoms with van der Waals surface area (Å²) >= 11 is 0. The van der Waals surface area contributed by atoms with E-state index in [1.807, 2.05) is 30.3 Å². The van der Waals surface area contributed by atoms with E-state index in [1.54, 1.807) is 7.11 Å². The number of nitrogens with zero attached hydrogens (tertiary/aromatic N) is 1. The Labute approximate surface area is 104 Å². The first kappa shape index (κ1) is 14.2. The quantitative estimate of drug-likeness (QED) is 0.788. The summed E-state index contributed by atoms with van der Waals surface area (Å²) in [7, 11) is 3.77. The zero-order chi connectivity index (χ0) is 12.7. The third-order valence-electron chi connectivity index (χ3n) is 3.10. The fraction of sp³-hybridized carbons (Fsp3) is 0.571. The maximum Gasteiger partial charge on any atom is 0.0802 e. The lowest BCUT2D eigenvalue weighted by Crippen LogP contribution is -2.34. The zero-order valence-electron chi connectivity index (χ0n) is 11.0. The van der Waals surface area contributed by atoms with Gasteiger partial charge >= 0.3 is 0 Å². The average Bonchev–Trinajstić information content (AvgIpc) is 2.36. The van der Waals surface area contributed by atoms with Gasteiger partial charge in [0.25, 0.3) is 0 Å². The van der Waals surface area contributed by atoms with Crippen molar-refractivity contribution in [3.05, 3.63) is 35.9 Å². The normalized spacial score (nSPS) is 14.9. The summed E-state index contributed by atoms with van der Waals surface area (Å²) in [5, 5.41) is 10.0. The van der Waals surface area contributed by atoms with Crippen molar-refractivity contribution in [1.82, 2.24) is 4.90 Å². The average molecular weight is 237 g/mol. The molecule has 0 aromatic heterocycles. The number of rotatable bonds is 7.